The zero-order valence-electron chi connectivity index (χ0n) is 10.5. The Morgan fingerprint density at radius 3 is 3.11 bits per heavy atom. The molecule has 0 aliphatic carbocycles. The summed E-state index contributed by atoms with van der Waals surface area (Å²) in [5.41, 5.74) is 2.12. The number of benzene rings is 1. The highest BCUT2D eigenvalue weighted by Gasteiger charge is 2.27. The fourth-order valence-corrected chi connectivity index (χ4v) is 2.10. The Bertz CT molecular complexity index is 428. The second kappa shape index (κ2) is 5.87. The second-order valence-electron chi connectivity index (χ2n) is 4.31. The van der Waals surface area contributed by atoms with Crippen molar-refractivity contribution in [3.8, 4) is 5.75 Å². The molecule has 1 N–H and O–H groups in total. The van der Waals surface area contributed by atoms with Gasteiger partial charge in [-0.25, -0.2) is 4.79 Å². The molecule has 1 aromatic carbocycles. The van der Waals surface area contributed by atoms with Crippen molar-refractivity contribution in [2.45, 2.75) is 32.3 Å². The Morgan fingerprint density at radius 1 is 1.56 bits per heavy atom. The van der Waals surface area contributed by atoms with Crippen LogP contribution in [0.4, 0.5) is 0 Å². The van der Waals surface area contributed by atoms with Gasteiger partial charge in [0.05, 0.1) is 6.61 Å². The first-order chi connectivity index (χ1) is 8.74. The first-order valence-corrected chi connectivity index (χ1v) is 6.30. The van der Waals surface area contributed by atoms with E-state index in [1.54, 1.807) is 6.92 Å². The summed E-state index contributed by atoms with van der Waals surface area (Å²) >= 11 is 0. The molecule has 1 aliphatic rings. The van der Waals surface area contributed by atoms with Gasteiger partial charge in [0, 0.05) is 6.61 Å². The minimum atomic E-state index is -0.498. The van der Waals surface area contributed by atoms with E-state index in [4.69, 9.17) is 14.6 Å². The quantitative estimate of drug-likeness (QED) is 0.822. The maximum Gasteiger partial charge on any atom is 0.347 e. The average molecular weight is 250 g/mol. The maximum atomic E-state index is 11.6. The molecule has 0 spiro atoms. The van der Waals surface area contributed by atoms with Crippen LogP contribution in [0.15, 0.2) is 18.2 Å². The van der Waals surface area contributed by atoms with E-state index in [0.29, 0.717) is 19.4 Å². The summed E-state index contributed by atoms with van der Waals surface area (Å²) < 4.78 is 10.6. The van der Waals surface area contributed by atoms with Crippen molar-refractivity contribution in [1.29, 1.82) is 0 Å². The van der Waals surface area contributed by atoms with Crippen molar-refractivity contribution in [1.82, 2.24) is 0 Å². The molecule has 0 bridgehead atoms. The summed E-state index contributed by atoms with van der Waals surface area (Å²) in [6.07, 6.45) is 1.58. The highest BCUT2D eigenvalue weighted by molar-refractivity contribution is 5.75. The van der Waals surface area contributed by atoms with Gasteiger partial charge in [0.15, 0.2) is 6.10 Å². The normalized spacial score (nSPS) is 17.8. The van der Waals surface area contributed by atoms with Crippen molar-refractivity contribution in [3.05, 3.63) is 29.3 Å². The van der Waals surface area contributed by atoms with Gasteiger partial charge in [-0.05, 0) is 43.4 Å². The van der Waals surface area contributed by atoms with E-state index >= 15 is 0 Å². The molecular weight excluding hydrogens is 232 g/mol. The zero-order chi connectivity index (χ0) is 13.0. The third-order valence-corrected chi connectivity index (χ3v) is 3.03. The lowest BCUT2D eigenvalue weighted by Gasteiger charge is -2.25. The molecule has 4 heteroatoms. The number of hydrogen-bond acceptors (Lipinski definition) is 4. The van der Waals surface area contributed by atoms with Crippen LogP contribution < -0.4 is 4.74 Å². The number of carbonyl (C=O) groups is 1. The van der Waals surface area contributed by atoms with Crippen molar-refractivity contribution < 1.29 is 19.4 Å². The number of carbonyl (C=O) groups excluding carboxylic acids is 1. The standard InChI is InChI=1S/C14H18O4/c1-2-17-14(16)12-6-5-11-4-3-10(7-8-15)9-13(11)18-12/h3-4,9,12,15H,2,5-8H2,1H3. The lowest BCUT2D eigenvalue weighted by Crippen LogP contribution is -2.32. The van der Waals surface area contributed by atoms with Crippen molar-refractivity contribution >= 4 is 5.97 Å². The minimum absolute atomic E-state index is 0.111. The van der Waals surface area contributed by atoms with E-state index < -0.39 is 6.10 Å². The van der Waals surface area contributed by atoms with Gasteiger partial charge in [-0.2, -0.15) is 0 Å². The Hall–Kier alpha value is -1.55. The summed E-state index contributed by atoms with van der Waals surface area (Å²) in [5.74, 6) is 0.445. The van der Waals surface area contributed by atoms with Gasteiger partial charge < -0.3 is 14.6 Å². The predicted molar refractivity (Wildman–Crippen MR) is 66.6 cm³/mol. The summed E-state index contributed by atoms with van der Waals surface area (Å²) in [6.45, 7) is 2.27. The molecule has 0 aromatic heterocycles. The van der Waals surface area contributed by atoms with Crippen LogP contribution in [0.2, 0.25) is 0 Å². The molecule has 4 nitrogen and oxygen atoms in total. The molecule has 2 rings (SSSR count). The highest BCUT2D eigenvalue weighted by Crippen LogP contribution is 2.29. The van der Waals surface area contributed by atoms with Crippen molar-refractivity contribution in [2.24, 2.45) is 0 Å². The van der Waals surface area contributed by atoms with Crippen LogP contribution in [0.3, 0.4) is 0 Å². The van der Waals surface area contributed by atoms with Gasteiger partial charge in [-0.3, -0.25) is 0 Å². The molecule has 0 amide bonds. The first kappa shape index (κ1) is 12.9. The minimum Gasteiger partial charge on any atom is -0.478 e. The summed E-state index contributed by atoms with van der Waals surface area (Å²) in [6, 6.07) is 5.89. The SMILES string of the molecule is CCOC(=O)C1CCc2ccc(CCO)cc2O1. The number of hydrogen-bond donors (Lipinski definition) is 1. The van der Waals surface area contributed by atoms with Crippen molar-refractivity contribution in [2.75, 3.05) is 13.2 Å². The molecule has 0 saturated carbocycles. The topological polar surface area (TPSA) is 55.8 Å². The average Bonchev–Trinajstić information content (AvgIpc) is 2.38. The largest absolute Gasteiger partial charge is 0.478 e. The molecule has 1 atom stereocenters. The van der Waals surface area contributed by atoms with Gasteiger partial charge in [0.1, 0.15) is 5.75 Å². The Morgan fingerprint density at radius 2 is 2.39 bits per heavy atom. The molecular formula is C14H18O4. The molecule has 1 aromatic rings. The maximum absolute atomic E-state index is 11.6. The number of esters is 1. The number of aliphatic hydroxyl groups excluding tert-OH is 1. The van der Waals surface area contributed by atoms with Crippen LogP contribution >= 0.6 is 0 Å². The molecule has 1 unspecified atom stereocenters. The Labute approximate surface area is 107 Å². The van der Waals surface area contributed by atoms with Gasteiger partial charge in [0.25, 0.3) is 0 Å². The van der Waals surface area contributed by atoms with E-state index in [0.717, 1.165) is 23.3 Å². The second-order valence-corrected chi connectivity index (χ2v) is 4.31. The summed E-state index contributed by atoms with van der Waals surface area (Å²) in [4.78, 5) is 11.6. The van der Waals surface area contributed by atoms with Gasteiger partial charge >= 0.3 is 5.97 Å². The van der Waals surface area contributed by atoms with Crippen LogP contribution in [-0.4, -0.2) is 30.4 Å². The van der Waals surface area contributed by atoms with Gasteiger partial charge in [-0.1, -0.05) is 12.1 Å². The lowest BCUT2D eigenvalue weighted by atomic mass is 9.99. The smallest absolute Gasteiger partial charge is 0.347 e. The molecule has 0 fully saturated rings. The number of aryl methyl sites for hydroxylation is 1. The fraction of sp³-hybridized carbons (Fsp3) is 0.500. The van der Waals surface area contributed by atoms with Crippen molar-refractivity contribution in [3.63, 3.8) is 0 Å². The fourth-order valence-electron chi connectivity index (χ4n) is 2.10. The van der Waals surface area contributed by atoms with Crippen LogP contribution in [0.1, 0.15) is 24.5 Å². The van der Waals surface area contributed by atoms with Crippen LogP contribution in [0.5, 0.6) is 5.75 Å². The molecule has 0 saturated heterocycles. The molecule has 1 aliphatic heterocycles. The van der Waals surface area contributed by atoms with E-state index in [9.17, 15) is 4.79 Å². The zero-order valence-corrected chi connectivity index (χ0v) is 10.5. The molecule has 18 heavy (non-hydrogen) atoms. The lowest BCUT2D eigenvalue weighted by molar-refractivity contribution is -0.152. The third-order valence-electron chi connectivity index (χ3n) is 3.03. The van der Waals surface area contributed by atoms with Crippen LogP contribution in [0.25, 0.3) is 0 Å². The number of aliphatic hydroxyl groups is 1. The Balaban J connectivity index is 2.11. The van der Waals surface area contributed by atoms with E-state index in [2.05, 4.69) is 0 Å². The predicted octanol–water partition coefficient (Wildman–Crippen LogP) is 1.48. The van der Waals surface area contributed by atoms with E-state index in [1.807, 2.05) is 18.2 Å². The van der Waals surface area contributed by atoms with E-state index in [1.165, 1.54) is 0 Å². The van der Waals surface area contributed by atoms with Gasteiger partial charge in [-0.15, -0.1) is 0 Å². The molecule has 98 valence electrons. The number of ether oxygens (including phenoxy) is 2. The number of rotatable bonds is 4. The van der Waals surface area contributed by atoms with Crippen LogP contribution in [0, 0.1) is 0 Å². The van der Waals surface area contributed by atoms with Gasteiger partial charge in [0.2, 0.25) is 0 Å². The summed E-state index contributed by atoms with van der Waals surface area (Å²) in [7, 11) is 0. The highest BCUT2D eigenvalue weighted by atomic mass is 16.6. The van der Waals surface area contributed by atoms with E-state index in [-0.39, 0.29) is 12.6 Å². The number of fused-ring (bicyclic) bond motifs is 1. The monoisotopic (exact) mass is 250 g/mol. The Kier molecular flexibility index (Phi) is 4.20. The molecule has 0 radical (unpaired) electrons. The third kappa shape index (κ3) is 2.82. The summed E-state index contributed by atoms with van der Waals surface area (Å²) in [5, 5.41) is 8.92. The first-order valence-electron chi connectivity index (χ1n) is 6.30. The molecule has 1 heterocycles. The van der Waals surface area contributed by atoms with Crippen LogP contribution in [-0.2, 0) is 22.4 Å².